The fourth-order valence-corrected chi connectivity index (χ4v) is 3.04. The average molecular weight is 411 g/mol. The van der Waals surface area contributed by atoms with Gasteiger partial charge in [0, 0.05) is 13.1 Å². The van der Waals surface area contributed by atoms with E-state index in [0.717, 1.165) is 19.3 Å². The van der Waals surface area contributed by atoms with Crippen molar-refractivity contribution < 1.29 is 23.9 Å². The van der Waals surface area contributed by atoms with Crippen LogP contribution in [0.3, 0.4) is 0 Å². The molecule has 3 amide bonds. The van der Waals surface area contributed by atoms with E-state index >= 15 is 0 Å². The standard InChI is InChI=1S/C10H18N2O3.C10H16N2O2/c1-10(2,3)15-9(14)12-6-4-5-7(12)8(11)13;1-10(2,3)14-9(13)12-6-4-5-8(12)7-11/h7H,4-6H2,1-3H3,(H2,11,13);8H,4-6H2,1-3H3/t7-;/m0./s1. The van der Waals surface area contributed by atoms with Crippen molar-refractivity contribution in [1.82, 2.24) is 9.80 Å². The summed E-state index contributed by atoms with van der Waals surface area (Å²) in [6.07, 6.45) is 2.25. The van der Waals surface area contributed by atoms with Crippen LogP contribution < -0.4 is 5.73 Å². The van der Waals surface area contributed by atoms with E-state index in [1.165, 1.54) is 9.80 Å². The first-order valence-corrected chi connectivity index (χ1v) is 9.93. The number of carbonyl (C=O) groups excluding carboxylic acids is 3. The lowest BCUT2D eigenvalue weighted by Crippen LogP contribution is -2.45. The molecule has 29 heavy (non-hydrogen) atoms. The summed E-state index contributed by atoms with van der Waals surface area (Å²) in [5.41, 5.74) is 4.18. The molecule has 0 aromatic carbocycles. The molecular weight excluding hydrogens is 376 g/mol. The van der Waals surface area contributed by atoms with E-state index in [0.29, 0.717) is 19.5 Å². The van der Waals surface area contributed by atoms with E-state index in [9.17, 15) is 14.4 Å². The van der Waals surface area contributed by atoms with E-state index in [1.54, 1.807) is 20.8 Å². The molecule has 0 aromatic rings. The monoisotopic (exact) mass is 410 g/mol. The van der Waals surface area contributed by atoms with Gasteiger partial charge in [-0.1, -0.05) is 0 Å². The molecule has 2 N–H and O–H groups in total. The van der Waals surface area contributed by atoms with Crippen LogP contribution in [0.25, 0.3) is 0 Å². The Morgan fingerprint density at radius 2 is 1.34 bits per heavy atom. The van der Waals surface area contributed by atoms with Gasteiger partial charge in [-0.2, -0.15) is 5.26 Å². The molecule has 9 nitrogen and oxygen atoms in total. The third-order valence-electron chi connectivity index (χ3n) is 4.24. The zero-order valence-electron chi connectivity index (χ0n) is 18.4. The Bertz CT molecular complexity index is 645. The summed E-state index contributed by atoms with van der Waals surface area (Å²) >= 11 is 0. The van der Waals surface area contributed by atoms with Gasteiger partial charge in [0.2, 0.25) is 5.91 Å². The van der Waals surface area contributed by atoms with E-state index in [4.69, 9.17) is 20.5 Å². The van der Waals surface area contributed by atoms with Crippen LogP contribution in [0, 0.1) is 11.3 Å². The molecule has 2 heterocycles. The van der Waals surface area contributed by atoms with Crippen molar-refractivity contribution in [2.75, 3.05) is 13.1 Å². The van der Waals surface area contributed by atoms with Crippen molar-refractivity contribution >= 4 is 18.1 Å². The maximum atomic E-state index is 11.7. The highest BCUT2D eigenvalue weighted by atomic mass is 16.6. The molecule has 0 saturated carbocycles. The van der Waals surface area contributed by atoms with Gasteiger partial charge in [-0.15, -0.1) is 0 Å². The SMILES string of the molecule is CC(C)(C)OC(=O)N1CCCC1C#N.CC(C)(C)OC(=O)N1CCC[C@H]1C(N)=O. The van der Waals surface area contributed by atoms with E-state index in [1.807, 2.05) is 20.8 Å². The van der Waals surface area contributed by atoms with E-state index in [-0.39, 0.29) is 12.1 Å². The first-order valence-electron chi connectivity index (χ1n) is 9.93. The molecule has 1 unspecified atom stereocenters. The smallest absolute Gasteiger partial charge is 0.411 e. The molecule has 0 aromatic heterocycles. The van der Waals surface area contributed by atoms with Gasteiger partial charge in [0.15, 0.2) is 0 Å². The zero-order chi connectivity index (χ0) is 22.4. The minimum absolute atomic E-state index is 0.301. The van der Waals surface area contributed by atoms with Crippen LogP contribution >= 0.6 is 0 Å². The molecule has 2 fully saturated rings. The van der Waals surface area contributed by atoms with Gasteiger partial charge < -0.3 is 15.2 Å². The number of ether oxygens (including phenoxy) is 2. The third kappa shape index (κ3) is 8.18. The lowest BCUT2D eigenvalue weighted by molar-refractivity contribution is -0.122. The summed E-state index contributed by atoms with van der Waals surface area (Å²) in [7, 11) is 0. The van der Waals surface area contributed by atoms with Crippen LogP contribution in [-0.2, 0) is 14.3 Å². The Labute approximate surface area is 173 Å². The van der Waals surface area contributed by atoms with Gasteiger partial charge in [0.25, 0.3) is 0 Å². The normalized spacial score (nSPS) is 21.7. The van der Waals surface area contributed by atoms with Gasteiger partial charge >= 0.3 is 12.2 Å². The topological polar surface area (TPSA) is 126 Å². The molecule has 0 aliphatic carbocycles. The number of likely N-dealkylation sites (tertiary alicyclic amines) is 2. The van der Waals surface area contributed by atoms with Crippen LogP contribution in [0.4, 0.5) is 9.59 Å². The number of nitrogens with zero attached hydrogens (tertiary/aromatic N) is 3. The summed E-state index contributed by atoms with van der Waals surface area (Å²) in [6.45, 7) is 12.0. The van der Waals surface area contributed by atoms with Crippen molar-refractivity contribution in [3.05, 3.63) is 0 Å². The van der Waals surface area contributed by atoms with Crippen molar-refractivity contribution in [3.63, 3.8) is 0 Å². The number of rotatable bonds is 1. The molecule has 2 aliphatic heterocycles. The van der Waals surface area contributed by atoms with Gasteiger partial charge in [0.05, 0.1) is 6.07 Å². The van der Waals surface area contributed by atoms with Gasteiger partial charge in [-0.25, -0.2) is 9.59 Å². The lowest BCUT2D eigenvalue weighted by Gasteiger charge is -2.27. The van der Waals surface area contributed by atoms with Crippen LogP contribution in [0.5, 0.6) is 0 Å². The molecule has 164 valence electrons. The number of nitrogens with two attached hydrogens (primary N) is 1. The van der Waals surface area contributed by atoms with E-state index in [2.05, 4.69) is 6.07 Å². The molecule has 0 radical (unpaired) electrons. The second-order valence-corrected chi connectivity index (χ2v) is 9.19. The minimum atomic E-state index is -0.540. The molecule has 2 saturated heterocycles. The van der Waals surface area contributed by atoms with Crippen LogP contribution in [0.15, 0.2) is 0 Å². The van der Waals surface area contributed by atoms with Gasteiger partial charge in [0.1, 0.15) is 23.3 Å². The highest BCUT2D eigenvalue weighted by Crippen LogP contribution is 2.21. The van der Waals surface area contributed by atoms with Gasteiger partial charge in [-0.05, 0) is 67.2 Å². The molecule has 0 spiro atoms. The maximum Gasteiger partial charge on any atom is 0.411 e. The zero-order valence-corrected chi connectivity index (χ0v) is 18.4. The van der Waals surface area contributed by atoms with Crippen molar-refractivity contribution in [1.29, 1.82) is 5.26 Å². The van der Waals surface area contributed by atoms with Crippen molar-refractivity contribution in [3.8, 4) is 6.07 Å². The predicted octanol–water partition coefficient (Wildman–Crippen LogP) is 2.78. The second kappa shape index (κ2) is 9.81. The number of hydrogen-bond donors (Lipinski definition) is 1. The molecule has 2 atom stereocenters. The highest BCUT2D eigenvalue weighted by Gasteiger charge is 2.35. The minimum Gasteiger partial charge on any atom is -0.444 e. The quantitative estimate of drug-likeness (QED) is 0.708. The Morgan fingerprint density at radius 1 is 0.897 bits per heavy atom. The number of nitriles is 1. The second-order valence-electron chi connectivity index (χ2n) is 9.19. The number of primary amides is 1. The van der Waals surface area contributed by atoms with Crippen LogP contribution in [0.2, 0.25) is 0 Å². The average Bonchev–Trinajstić information content (AvgIpc) is 3.21. The van der Waals surface area contributed by atoms with Gasteiger partial charge in [-0.3, -0.25) is 14.6 Å². The number of carbonyl (C=O) groups is 3. The molecule has 9 heteroatoms. The Kier molecular flexibility index (Phi) is 8.30. The Hall–Kier alpha value is -2.50. The Balaban J connectivity index is 0.000000291. The molecule has 2 rings (SSSR count). The van der Waals surface area contributed by atoms with Crippen molar-refractivity contribution in [2.24, 2.45) is 5.73 Å². The molecule has 0 bridgehead atoms. The molecular formula is C20H34N4O5. The fourth-order valence-electron chi connectivity index (χ4n) is 3.04. The molecule has 2 aliphatic rings. The summed E-state index contributed by atoms with van der Waals surface area (Å²) < 4.78 is 10.4. The summed E-state index contributed by atoms with van der Waals surface area (Å²) in [5, 5.41) is 8.78. The Morgan fingerprint density at radius 3 is 1.79 bits per heavy atom. The van der Waals surface area contributed by atoms with Crippen LogP contribution in [0.1, 0.15) is 67.2 Å². The first-order chi connectivity index (χ1) is 13.2. The summed E-state index contributed by atoms with van der Waals surface area (Å²) in [4.78, 5) is 37.2. The first kappa shape index (κ1) is 24.5. The summed E-state index contributed by atoms with van der Waals surface area (Å²) in [6, 6.07) is 1.30. The lowest BCUT2D eigenvalue weighted by atomic mass is 10.2. The van der Waals surface area contributed by atoms with Crippen molar-refractivity contribution in [2.45, 2.75) is 90.5 Å². The predicted molar refractivity (Wildman–Crippen MR) is 107 cm³/mol. The largest absolute Gasteiger partial charge is 0.444 e. The summed E-state index contributed by atoms with van der Waals surface area (Å²) in [5.74, 6) is -0.460. The third-order valence-corrected chi connectivity index (χ3v) is 4.24. The number of amides is 3. The highest BCUT2D eigenvalue weighted by molar-refractivity contribution is 5.84. The van der Waals surface area contributed by atoms with Crippen LogP contribution in [-0.4, -0.2) is 64.3 Å². The fraction of sp³-hybridized carbons (Fsp3) is 0.800. The maximum absolute atomic E-state index is 11.7. The number of hydrogen-bond acceptors (Lipinski definition) is 6. The van der Waals surface area contributed by atoms with E-state index < -0.39 is 29.2 Å².